The van der Waals surface area contributed by atoms with E-state index in [-0.39, 0.29) is 24.7 Å². The van der Waals surface area contributed by atoms with E-state index in [2.05, 4.69) is 44.0 Å². The van der Waals surface area contributed by atoms with Crippen LogP contribution in [0.4, 0.5) is 17.6 Å². The minimum atomic E-state index is -0.266. The van der Waals surface area contributed by atoms with Gasteiger partial charge in [0.2, 0.25) is 5.95 Å². The molecule has 1 saturated heterocycles. The highest BCUT2D eigenvalue weighted by molar-refractivity contribution is 5.79. The average molecular weight is 397 g/mol. The van der Waals surface area contributed by atoms with Crippen molar-refractivity contribution in [3.05, 3.63) is 30.4 Å². The van der Waals surface area contributed by atoms with Gasteiger partial charge in [0, 0.05) is 31.4 Å². The fourth-order valence-electron chi connectivity index (χ4n) is 3.82. The summed E-state index contributed by atoms with van der Waals surface area (Å²) in [6.45, 7) is 7.50. The maximum absolute atomic E-state index is 9.95. The van der Waals surface area contributed by atoms with Gasteiger partial charge in [0.1, 0.15) is 29.6 Å². The van der Waals surface area contributed by atoms with Gasteiger partial charge in [-0.1, -0.05) is 6.92 Å². The predicted octanol–water partition coefficient (Wildman–Crippen LogP) is 2.25. The van der Waals surface area contributed by atoms with Crippen LogP contribution in [-0.2, 0) is 6.61 Å². The van der Waals surface area contributed by atoms with Crippen molar-refractivity contribution < 1.29 is 10.2 Å². The predicted molar refractivity (Wildman–Crippen MR) is 111 cm³/mol. The zero-order valence-electron chi connectivity index (χ0n) is 16.9. The molecule has 0 unspecified atom stereocenters. The maximum Gasteiger partial charge on any atom is 0.227 e. The van der Waals surface area contributed by atoms with Crippen LogP contribution in [0.3, 0.4) is 0 Å². The van der Waals surface area contributed by atoms with Crippen molar-refractivity contribution >= 4 is 28.6 Å². The van der Waals surface area contributed by atoms with Gasteiger partial charge in [-0.05, 0) is 32.3 Å². The topological polar surface area (TPSA) is 112 Å². The fourth-order valence-corrected chi connectivity index (χ4v) is 3.82. The van der Waals surface area contributed by atoms with E-state index in [1.54, 1.807) is 18.5 Å². The number of pyridine rings is 1. The van der Waals surface area contributed by atoms with Crippen molar-refractivity contribution in [3.8, 4) is 0 Å². The van der Waals surface area contributed by atoms with E-state index in [0.717, 1.165) is 24.1 Å². The van der Waals surface area contributed by atoms with Gasteiger partial charge in [0.15, 0.2) is 0 Å². The van der Waals surface area contributed by atoms with E-state index in [1.807, 2.05) is 17.6 Å². The molecule has 3 aromatic rings. The molecule has 3 N–H and O–H groups in total. The van der Waals surface area contributed by atoms with Crippen LogP contribution in [0.15, 0.2) is 24.5 Å². The van der Waals surface area contributed by atoms with Crippen LogP contribution in [0.25, 0.3) is 11.0 Å². The number of aromatic nitrogens is 5. The summed E-state index contributed by atoms with van der Waals surface area (Å²) >= 11 is 0. The van der Waals surface area contributed by atoms with Crippen LogP contribution in [0.2, 0.25) is 0 Å². The summed E-state index contributed by atoms with van der Waals surface area (Å²) in [6.07, 6.45) is 3.87. The van der Waals surface area contributed by atoms with Gasteiger partial charge in [-0.15, -0.1) is 0 Å². The number of aliphatic hydroxyl groups is 2. The van der Waals surface area contributed by atoms with E-state index in [1.165, 1.54) is 0 Å². The van der Waals surface area contributed by atoms with Crippen LogP contribution >= 0.6 is 0 Å². The van der Waals surface area contributed by atoms with Crippen molar-refractivity contribution in [2.45, 2.75) is 45.9 Å². The number of hydrogen-bond donors (Lipinski definition) is 3. The molecule has 0 aromatic carbocycles. The lowest BCUT2D eigenvalue weighted by molar-refractivity contribution is 0.0966. The Bertz CT molecular complexity index is 1000. The molecule has 9 heteroatoms. The van der Waals surface area contributed by atoms with Gasteiger partial charge in [-0.25, -0.2) is 15.0 Å². The van der Waals surface area contributed by atoms with Crippen LogP contribution in [0.1, 0.15) is 39.1 Å². The monoisotopic (exact) mass is 397 g/mol. The summed E-state index contributed by atoms with van der Waals surface area (Å²) in [4.78, 5) is 20.0. The van der Waals surface area contributed by atoms with Gasteiger partial charge in [-0.3, -0.25) is 0 Å². The van der Waals surface area contributed by atoms with Crippen molar-refractivity contribution in [2.75, 3.05) is 23.3 Å². The Morgan fingerprint density at radius 2 is 2.07 bits per heavy atom. The van der Waals surface area contributed by atoms with E-state index >= 15 is 0 Å². The highest BCUT2D eigenvalue weighted by Gasteiger charge is 2.25. The van der Waals surface area contributed by atoms with Gasteiger partial charge < -0.3 is 25.0 Å². The number of rotatable bonds is 5. The smallest absolute Gasteiger partial charge is 0.227 e. The lowest BCUT2D eigenvalue weighted by atomic mass is 9.97. The second kappa shape index (κ2) is 7.92. The van der Waals surface area contributed by atoms with Crippen LogP contribution in [-0.4, -0.2) is 53.9 Å². The highest BCUT2D eigenvalue weighted by atomic mass is 16.3. The van der Waals surface area contributed by atoms with E-state index in [0.29, 0.717) is 29.8 Å². The zero-order valence-corrected chi connectivity index (χ0v) is 16.9. The third kappa shape index (κ3) is 3.88. The third-order valence-corrected chi connectivity index (χ3v) is 5.35. The first-order valence-corrected chi connectivity index (χ1v) is 9.97. The van der Waals surface area contributed by atoms with Crippen molar-refractivity contribution in [1.29, 1.82) is 0 Å². The van der Waals surface area contributed by atoms with Gasteiger partial charge in [-0.2, -0.15) is 4.98 Å². The quantitative estimate of drug-likeness (QED) is 0.601. The number of nitrogens with zero attached hydrogens (tertiary/aromatic N) is 6. The first-order valence-electron chi connectivity index (χ1n) is 9.97. The van der Waals surface area contributed by atoms with Crippen molar-refractivity contribution in [3.63, 3.8) is 0 Å². The summed E-state index contributed by atoms with van der Waals surface area (Å²) in [5.41, 5.74) is 1.66. The molecule has 1 aliphatic rings. The molecule has 3 aromatic heterocycles. The average Bonchev–Trinajstić information content (AvgIpc) is 3.08. The molecule has 154 valence electrons. The second-order valence-corrected chi connectivity index (χ2v) is 7.85. The third-order valence-electron chi connectivity index (χ3n) is 5.35. The molecule has 2 atom stereocenters. The van der Waals surface area contributed by atoms with Crippen molar-refractivity contribution in [2.24, 2.45) is 5.92 Å². The van der Waals surface area contributed by atoms with Crippen LogP contribution in [0, 0.1) is 5.92 Å². The second-order valence-electron chi connectivity index (χ2n) is 7.85. The molecule has 0 bridgehead atoms. The zero-order chi connectivity index (χ0) is 20.5. The summed E-state index contributed by atoms with van der Waals surface area (Å²) in [7, 11) is 0. The molecule has 4 heterocycles. The number of anilines is 3. The Morgan fingerprint density at radius 3 is 2.79 bits per heavy atom. The first kappa shape index (κ1) is 19.5. The molecule has 0 aliphatic carbocycles. The minimum Gasteiger partial charge on any atom is -0.393 e. The Hall–Kier alpha value is -2.78. The number of hydrogen-bond acceptors (Lipinski definition) is 8. The Balaban J connectivity index is 1.59. The summed E-state index contributed by atoms with van der Waals surface area (Å²) in [5, 5.41) is 22.8. The van der Waals surface area contributed by atoms with Gasteiger partial charge in [0.25, 0.3) is 0 Å². The SMILES string of the molecule is CC(C)n1c(CO)nc2cnc(Nc3ccnc(N4CC[C@H](O)[C@H](C)C4)n3)cc21. The van der Waals surface area contributed by atoms with Crippen LogP contribution in [0.5, 0.6) is 0 Å². The number of aliphatic hydroxyl groups excluding tert-OH is 2. The molecular weight excluding hydrogens is 370 g/mol. The Morgan fingerprint density at radius 1 is 1.24 bits per heavy atom. The number of piperidine rings is 1. The summed E-state index contributed by atoms with van der Waals surface area (Å²) in [6, 6.07) is 3.89. The summed E-state index contributed by atoms with van der Waals surface area (Å²) in [5.74, 6) is 2.75. The fraction of sp³-hybridized carbons (Fsp3) is 0.500. The van der Waals surface area contributed by atoms with E-state index < -0.39 is 0 Å². The van der Waals surface area contributed by atoms with Crippen LogP contribution < -0.4 is 10.2 Å². The first-order chi connectivity index (χ1) is 14.0. The lowest BCUT2D eigenvalue weighted by Crippen LogP contribution is -2.42. The minimum absolute atomic E-state index is 0.117. The highest BCUT2D eigenvalue weighted by Crippen LogP contribution is 2.25. The molecule has 0 amide bonds. The number of imidazole rings is 1. The molecule has 0 radical (unpaired) electrons. The largest absolute Gasteiger partial charge is 0.393 e. The molecule has 0 saturated carbocycles. The van der Waals surface area contributed by atoms with Gasteiger partial charge in [0.05, 0.1) is 17.8 Å². The summed E-state index contributed by atoms with van der Waals surface area (Å²) < 4.78 is 2.01. The Labute approximate surface area is 169 Å². The van der Waals surface area contributed by atoms with Crippen molar-refractivity contribution in [1.82, 2.24) is 24.5 Å². The van der Waals surface area contributed by atoms with E-state index in [9.17, 15) is 10.2 Å². The molecule has 29 heavy (non-hydrogen) atoms. The molecular formula is C20H27N7O2. The molecule has 9 nitrogen and oxygen atoms in total. The molecule has 1 aliphatic heterocycles. The number of fused-ring (bicyclic) bond motifs is 1. The molecule has 4 rings (SSSR count). The Kier molecular flexibility index (Phi) is 5.33. The lowest BCUT2D eigenvalue weighted by Gasteiger charge is -2.34. The standard InChI is InChI=1S/C20H27N7O2/c1-12(2)27-15-8-18(22-9-14(15)23-19(27)11-28)24-17-4-6-21-20(25-17)26-7-5-16(29)13(3)10-26/h4,6,8-9,12-13,16,28-29H,5,7,10-11H2,1-3H3,(H,21,22,24,25)/t13-,16+/m1/s1. The maximum atomic E-state index is 9.95. The normalized spacial score (nSPS) is 19.9. The van der Waals surface area contributed by atoms with E-state index in [4.69, 9.17) is 0 Å². The number of nitrogens with one attached hydrogen (secondary N) is 1. The molecule has 0 spiro atoms. The molecule has 1 fully saturated rings. The van der Waals surface area contributed by atoms with Gasteiger partial charge >= 0.3 is 0 Å².